The van der Waals surface area contributed by atoms with Crippen LogP contribution in [0.4, 0.5) is 0 Å². The van der Waals surface area contributed by atoms with Crippen LogP contribution in [0.3, 0.4) is 0 Å². The third kappa shape index (κ3) is 7.79. The molecule has 0 saturated heterocycles. The van der Waals surface area contributed by atoms with Crippen molar-refractivity contribution in [3.8, 4) is 0 Å². The molecule has 0 spiro atoms. The summed E-state index contributed by atoms with van der Waals surface area (Å²) in [5.41, 5.74) is 0.824. The highest BCUT2D eigenvalue weighted by Gasteiger charge is 2.21. The highest BCUT2D eigenvalue weighted by Crippen LogP contribution is 2.10. The summed E-state index contributed by atoms with van der Waals surface area (Å²) in [5, 5.41) is 5.92. The molecule has 128 valence electrons. The molecule has 1 aromatic carbocycles. The van der Waals surface area contributed by atoms with Crippen LogP contribution in [0, 0.1) is 0 Å². The van der Waals surface area contributed by atoms with Gasteiger partial charge in [-0.25, -0.2) is 0 Å². The predicted molar refractivity (Wildman–Crippen MR) is 92.1 cm³/mol. The third-order valence-corrected chi connectivity index (χ3v) is 3.51. The fourth-order valence-corrected chi connectivity index (χ4v) is 2.35. The molecule has 5 heteroatoms. The molecular weight excluding hydrogens is 290 g/mol. The monoisotopic (exact) mass is 320 g/mol. The van der Waals surface area contributed by atoms with Crippen LogP contribution in [-0.2, 0) is 9.59 Å². The van der Waals surface area contributed by atoms with Gasteiger partial charge in [0.2, 0.25) is 0 Å². The van der Waals surface area contributed by atoms with Crippen LogP contribution >= 0.6 is 0 Å². The first kappa shape index (κ1) is 19.2. The minimum atomic E-state index is -0.250. The molecule has 0 aliphatic heterocycles. The lowest BCUT2D eigenvalue weighted by Crippen LogP contribution is -3.14. The van der Waals surface area contributed by atoms with Gasteiger partial charge in [0.25, 0.3) is 11.8 Å². The summed E-state index contributed by atoms with van der Waals surface area (Å²) in [4.78, 5) is 25.1. The number of nitrogens with one attached hydrogen (secondary N) is 3. The van der Waals surface area contributed by atoms with E-state index in [4.69, 9.17) is 0 Å². The Morgan fingerprint density at radius 3 is 2.17 bits per heavy atom. The minimum Gasteiger partial charge on any atom is -0.347 e. The number of hydrogen-bond acceptors (Lipinski definition) is 2. The molecule has 1 unspecified atom stereocenters. The summed E-state index contributed by atoms with van der Waals surface area (Å²) in [5.74, 6) is -0.0694. The molecule has 0 aromatic heterocycles. The molecule has 0 aliphatic rings. The van der Waals surface area contributed by atoms with Crippen molar-refractivity contribution in [3.63, 3.8) is 0 Å². The average molecular weight is 320 g/mol. The topological polar surface area (TPSA) is 62.6 Å². The van der Waals surface area contributed by atoms with Crippen molar-refractivity contribution in [3.05, 3.63) is 35.9 Å². The second kappa shape index (κ2) is 8.67. The molecule has 1 rings (SSSR count). The van der Waals surface area contributed by atoms with Crippen molar-refractivity contribution >= 4 is 11.8 Å². The van der Waals surface area contributed by atoms with Gasteiger partial charge in [0, 0.05) is 5.54 Å². The maximum atomic E-state index is 12.2. The molecule has 5 nitrogen and oxygen atoms in total. The Morgan fingerprint density at radius 2 is 1.65 bits per heavy atom. The fourth-order valence-electron chi connectivity index (χ4n) is 2.35. The molecule has 2 atom stereocenters. The Morgan fingerprint density at radius 1 is 1.09 bits per heavy atom. The molecule has 0 radical (unpaired) electrons. The Bertz CT molecular complexity index is 509. The first-order chi connectivity index (χ1) is 10.7. The summed E-state index contributed by atoms with van der Waals surface area (Å²) in [6, 6.07) is 9.81. The first-order valence-corrected chi connectivity index (χ1v) is 8.20. The molecule has 3 N–H and O–H groups in total. The minimum absolute atomic E-state index is 0.0294. The second-order valence-corrected chi connectivity index (χ2v) is 6.96. The van der Waals surface area contributed by atoms with E-state index < -0.39 is 0 Å². The lowest BCUT2D eigenvalue weighted by atomic mass is 10.1. The van der Waals surface area contributed by atoms with Crippen LogP contribution in [0.5, 0.6) is 0 Å². The molecule has 0 saturated carbocycles. The number of amides is 2. The van der Waals surface area contributed by atoms with E-state index in [0.29, 0.717) is 13.1 Å². The predicted octanol–water partition coefficient (Wildman–Crippen LogP) is 0.683. The molecule has 1 aromatic rings. The van der Waals surface area contributed by atoms with Crippen molar-refractivity contribution in [2.24, 2.45) is 0 Å². The van der Waals surface area contributed by atoms with Gasteiger partial charge in [0.1, 0.15) is 0 Å². The van der Waals surface area contributed by atoms with Crippen LogP contribution in [-0.4, -0.2) is 37.0 Å². The number of benzene rings is 1. The molecule has 23 heavy (non-hydrogen) atoms. The fraction of sp³-hybridized carbons (Fsp3) is 0.556. The largest absolute Gasteiger partial charge is 0.347 e. The quantitative estimate of drug-likeness (QED) is 0.692. The standard InChI is InChI=1S/C18H29N3O2/c1-6-21(13-17(23)20-18(3,4)5)12-16(22)19-14(2)15-10-8-7-9-11-15/h7-11,14H,6,12-13H2,1-5H3,(H,19,22)(H,20,23)/p+1/t14-/m1/s1. The summed E-state index contributed by atoms with van der Waals surface area (Å²) in [7, 11) is 0. The lowest BCUT2D eigenvalue weighted by Gasteiger charge is -2.23. The van der Waals surface area contributed by atoms with Gasteiger partial charge in [0.05, 0.1) is 12.6 Å². The van der Waals surface area contributed by atoms with Crippen molar-refractivity contribution in [2.75, 3.05) is 19.6 Å². The highest BCUT2D eigenvalue weighted by atomic mass is 16.2. The van der Waals surface area contributed by atoms with Gasteiger partial charge in [-0.3, -0.25) is 9.59 Å². The van der Waals surface area contributed by atoms with Gasteiger partial charge < -0.3 is 15.5 Å². The van der Waals surface area contributed by atoms with Crippen LogP contribution in [0.1, 0.15) is 46.2 Å². The third-order valence-electron chi connectivity index (χ3n) is 3.51. The SMILES string of the molecule is CC[NH+](CC(=O)N[C@H](C)c1ccccc1)CC(=O)NC(C)(C)C. The van der Waals surface area contributed by atoms with Crippen LogP contribution < -0.4 is 15.5 Å². The summed E-state index contributed by atoms with van der Waals surface area (Å²) < 4.78 is 0. The van der Waals surface area contributed by atoms with Crippen molar-refractivity contribution in [1.82, 2.24) is 10.6 Å². The smallest absolute Gasteiger partial charge is 0.275 e. The van der Waals surface area contributed by atoms with Crippen molar-refractivity contribution in [1.29, 1.82) is 0 Å². The molecule has 0 fully saturated rings. The lowest BCUT2D eigenvalue weighted by molar-refractivity contribution is -0.881. The first-order valence-electron chi connectivity index (χ1n) is 8.20. The number of quaternary nitrogens is 1. The van der Waals surface area contributed by atoms with Gasteiger partial charge >= 0.3 is 0 Å². The average Bonchev–Trinajstić information content (AvgIpc) is 2.45. The zero-order valence-corrected chi connectivity index (χ0v) is 14.9. The van der Waals surface area contributed by atoms with Crippen molar-refractivity contribution < 1.29 is 14.5 Å². The Labute approximate surface area is 139 Å². The van der Waals surface area contributed by atoms with E-state index >= 15 is 0 Å². The van der Waals surface area contributed by atoms with Gasteiger partial charge in [-0.15, -0.1) is 0 Å². The molecule has 0 heterocycles. The van der Waals surface area contributed by atoms with E-state index in [0.717, 1.165) is 17.0 Å². The van der Waals surface area contributed by atoms with E-state index in [2.05, 4.69) is 10.6 Å². The Balaban J connectivity index is 2.48. The maximum Gasteiger partial charge on any atom is 0.275 e. The van der Waals surface area contributed by atoms with Gasteiger partial charge in [-0.1, -0.05) is 30.3 Å². The Kier molecular flexibility index (Phi) is 7.23. The number of rotatable bonds is 7. The molecule has 0 aliphatic carbocycles. The number of hydrogen-bond donors (Lipinski definition) is 3. The number of likely N-dealkylation sites (N-methyl/N-ethyl adjacent to an activating group) is 1. The summed E-state index contributed by atoms with van der Waals surface area (Å²) in [6.45, 7) is 11.1. The summed E-state index contributed by atoms with van der Waals surface area (Å²) >= 11 is 0. The normalized spacial score (nSPS) is 14.0. The number of carbonyl (C=O) groups is 2. The molecular formula is C18H30N3O2+. The second-order valence-electron chi connectivity index (χ2n) is 6.96. The van der Waals surface area contributed by atoms with Gasteiger partial charge in [0.15, 0.2) is 13.1 Å². The van der Waals surface area contributed by atoms with E-state index in [9.17, 15) is 9.59 Å². The molecule has 0 bridgehead atoms. The van der Waals surface area contributed by atoms with E-state index in [1.54, 1.807) is 0 Å². The van der Waals surface area contributed by atoms with Crippen LogP contribution in [0.25, 0.3) is 0 Å². The van der Waals surface area contributed by atoms with E-state index in [1.807, 2.05) is 65.0 Å². The van der Waals surface area contributed by atoms with E-state index in [-0.39, 0.29) is 23.4 Å². The zero-order chi connectivity index (χ0) is 17.5. The number of carbonyl (C=O) groups excluding carboxylic acids is 2. The maximum absolute atomic E-state index is 12.2. The Hall–Kier alpha value is -1.88. The summed E-state index contributed by atoms with van der Waals surface area (Å²) in [6.07, 6.45) is 0. The zero-order valence-electron chi connectivity index (χ0n) is 14.9. The van der Waals surface area contributed by atoms with E-state index in [1.165, 1.54) is 0 Å². The van der Waals surface area contributed by atoms with Crippen LogP contribution in [0.2, 0.25) is 0 Å². The van der Waals surface area contributed by atoms with Crippen LogP contribution in [0.15, 0.2) is 30.3 Å². The van der Waals surface area contributed by atoms with Gasteiger partial charge in [-0.2, -0.15) is 0 Å². The molecule has 2 amide bonds. The van der Waals surface area contributed by atoms with Crippen molar-refractivity contribution in [2.45, 2.75) is 46.2 Å². The van der Waals surface area contributed by atoms with Gasteiger partial charge in [-0.05, 0) is 40.2 Å². The highest BCUT2D eigenvalue weighted by molar-refractivity contribution is 5.79.